The highest BCUT2D eigenvalue weighted by Crippen LogP contribution is 2.34. The number of amidine groups is 1. The van der Waals surface area contributed by atoms with E-state index in [1.165, 1.54) is 21.6 Å². The number of benzene rings is 3. The SMILES string of the molecule is O=C1N=C(N2CCN(Cc3ccccc3)CC2)S/C1=C\c1cn(-c2ccccc2)nc1-c1cccc(S(=O)(=O)N2CCOCC2)c1. The average Bonchev–Trinajstić information content (AvgIpc) is 3.70. The predicted molar refractivity (Wildman–Crippen MR) is 180 cm³/mol. The van der Waals surface area contributed by atoms with Crippen molar-refractivity contribution >= 4 is 38.9 Å². The van der Waals surface area contributed by atoms with Crippen LogP contribution in [-0.4, -0.2) is 95.9 Å². The summed E-state index contributed by atoms with van der Waals surface area (Å²) in [6, 6.07) is 27.0. The van der Waals surface area contributed by atoms with Crippen LogP contribution in [0.5, 0.6) is 0 Å². The Labute approximate surface area is 273 Å². The summed E-state index contributed by atoms with van der Waals surface area (Å²) in [6.45, 7) is 5.64. The summed E-state index contributed by atoms with van der Waals surface area (Å²) in [5.74, 6) is -0.284. The van der Waals surface area contributed by atoms with Crippen molar-refractivity contribution in [3.05, 3.63) is 107 Å². The number of piperazine rings is 1. The smallest absolute Gasteiger partial charge is 0.286 e. The number of carbonyl (C=O) groups excluding carboxylic acids is 1. The Hall–Kier alpha value is -4.07. The van der Waals surface area contributed by atoms with Crippen LogP contribution in [0.3, 0.4) is 0 Å². The van der Waals surface area contributed by atoms with Crippen molar-refractivity contribution < 1.29 is 17.9 Å². The monoisotopic (exact) mass is 654 g/mol. The van der Waals surface area contributed by atoms with E-state index in [2.05, 4.69) is 39.1 Å². The van der Waals surface area contributed by atoms with Crippen molar-refractivity contribution in [2.24, 2.45) is 4.99 Å². The molecule has 0 saturated carbocycles. The zero-order valence-corrected chi connectivity index (χ0v) is 26.9. The molecular weight excluding hydrogens is 621 g/mol. The number of morpholine rings is 1. The van der Waals surface area contributed by atoms with Gasteiger partial charge < -0.3 is 9.64 Å². The number of hydrogen-bond acceptors (Lipinski definition) is 8. The second-order valence-corrected chi connectivity index (χ2v) is 14.3. The van der Waals surface area contributed by atoms with E-state index in [1.54, 1.807) is 22.9 Å². The number of aliphatic imine (C=N–C) groups is 1. The van der Waals surface area contributed by atoms with E-state index in [9.17, 15) is 13.2 Å². The highest BCUT2D eigenvalue weighted by molar-refractivity contribution is 8.18. The van der Waals surface area contributed by atoms with Crippen LogP contribution in [-0.2, 0) is 26.1 Å². The van der Waals surface area contributed by atoms with Crippen LogP contribution in [0.1, 0.15) is 11.1 Å². The molecule has 0 radical (unpaired) electrons. The van der Waals surface area contributed by atoms with E-state index >= 15 is 0 Å². The van der Waals surface area contributed by atoms with Crippen LogP contribution in [0.25, 0.3) is 23.0 Å². The first-order valence-electron chi connectivity index (χ1n) is 15.3. The van der Waals surface area contributed by atoms with Crippen LogP contribution >= 0.6 is 11.8 Å². The summed E-state index contributed by atoms with van der Waals surface area (Å²) in [7, 11) is -3.71. The largest absolute Gasteiger partial charge is 0.379 e. The topological polar surface area (TPSA) is 100 Å². The van der Waals surface area contributed by atoms with Crippen molar-refractivity contribution in [1.29, 1.82) is 0 Å². The van der Waals surface area contributed by atoms with E-state index in [0.29, 0.717) is 53.2 Å². The molecule has 4 heterocycles. The van der Waals surface area contributed by atoms with Crippen LogP contribution in [0.4, 0.5) is 0 Å². The number of aromatic nitrogens is 2. The first-order valence-corrected chi connectivity index (χ1v) is 17.6. The molecule has 0 aliphatic carbocycles. The molecule has 3 aliphatic heterocycles. The molecule has 1 amide bonds. The average molecular weight is 655 g/mol. The summed E-state index contributed by atoms with van der Waals surface area (Å²) >= 11 is 1.38. The molecule has 0 N–H and O–H groups in total. The summed E-state index contributed by atoms with van der Waals surface area (Å²) in [6.07, 6.45) is 3.69. The van der Waals surface area contributed by atoms with E-state index in [1.807, 2.05) is 54.7 Å². The lowest BCUT2D eigenvalue weighted by Gasteiger charge is -2.35. The molecule has 2 saturated heterocycles. The Morgan fingerprint density at radius 1 is 0.848 bits per heavy atom. The fourth-order valence-corrected chi connectivity index (χ4v) is 8.19. The van der Waals surface area contributed by atoms with Gasteiger partial charge in [-0.1, -0.05) is 60.7 Å². The van der Waals surface area contributed by atoms with E-state index in [0.717, 1.165) is 38.4 Å². The second kappa shape index (κ2) is 13.3. The van der Waals surface area contributed by atoms with Gasteiger partial charge in [-0.3, -0.25) is 9.69 Å². The van der Waals surface area contributed by atoms with Gasteiger partial charge in [-0.2, -0.15) is 14.4 Å². The van der Waals surface area contributed by atoms with Gasteiger partial charge in [0.2, 0.25) is 10.0 Å². The Morgan fingerprint density at radius 2 is 1.57 bits per heavy atom. The fourth-order valence-electron chi connectivity index (χ4n) is 5.78. The van der Waals surface area contributed by atoms with Gasteiger partial charge in [0.05, 0.1) is 28.7 Å². The highest BCUT2D eigenvalue weighted by Gasteiger charge is 2.30. The number of carbonyl (C=O) groups is 1. The number of sulfonamides is 1. The van der Waals surface area contributed by atoms with Crippen molar-refractivity contribution in [2.45, 2.75) is 11.4 Å². The van der Waals surface area contributed by atoms with E-state index in [-0.39, 0.29) is 10.8 Å². The molecular formula is C34H34N6O4S2. The maximum Gasteiger partial charge on any atom is 0.286 e. The first-order chi connectivity index (χ1) is 22.4. The van der Waals surface area contributed by atoms with E-state index < -0.39 is 10.0 Å². The quantitative estimate of drug-likeness (QED) is 0.272. The van der Waals surface area contributed by atoms with E-state index in [4.69, 9.17) is 9.84 Å². The molecule has 236 valence electrons. The molecule has 2 fully saturated rings. The molecule has 4 aromatic rings. The van der Waals surface area contributed by atoms with Crippen molar-refractivity contribution in [1.82, 2.24) is 23.9 Å². The zero-order chi connectivity index (χ0) is 31.5. The minimum atomic E-state index is -3.71. The summed E-state index contributed by atoms with van der Waals surface area (Å²) in [4.78, 5) is 22.9. The summed E-state index contributed by atoms with van der Waals surface area (Å²) in [5.41, 5.74) is 4.06. The molecule has 0 bridgehead atoms. The molecule has 3 aliphatic rings. The Balaban J connectivity index is 1.14. The van der Waals surface area contributed by atoms with Gasteiger partial charge in [-0.05, 0) is 47.7 Å². The number of nitrogens with zero attached hydrogens (tertiary/aromatic N) is 6. The normalized spacial score (nSPS) is 19.1. The van der Waals surface area contributed by atoms with Gasteiger partial charge in [0.1, 0.15) is 5.69 Å². The summed E-state index contributed by atoms with van der Waals surface area (Å²) in [5, 5.41) is 5.59. The van der Waals surface area contributed by atoms with Crippen LogP contribution in [0, 0.1) is 0 Å². The minimum absolute atomic E-state index is 0.197. The number of rotatable bonds is 7. The van der Waals surface area contributed by atoms with Crippen LogP contribution < -0.4 is 0 Å². The molecule has 1 aromatic heterocycles. The van der Waals surface area contributed by atoms with Gasteiger partial charge in [-0.25, -0.2) is 13.1 Å². The van der Waals surface area contributed by atoms with Crippen LogP contribution in [0.2, 0.25) is 0 Å². The lowest BCUT2D eigenvalue weighted by Crippen LogP contribution is -2.47. The Bertz CT molecular complexity index is 1880. The molecule has 10 nitrogen and oxygen atoms in total. The molecule has 3 aromatic carbocycles. The number of para-hydroxylation sites is 1. The Morgan fingerprint density at radius 3 is 2.30 bits per heavy atom. The predicted octanol–water partition coefficient (Wildman–Crippen LogP) is 4.35. The molecule has 0 spiro atoms. The molecule has 46 heavy (non-hydrogen) atoms. The second-order valence-electron chi connectivity index (χ2n) is 11.3. The molecule has 0 atom stereocenters. The van der Waals surface area contributed by atoms with Gasteiger partial charge >= 0.3 is 0 Å². The summed E-state index contributed by atoms with van der Waals surface area (Å²) < 4.78 is 35.5. The zero-order valence-electron chi connectivity index (χ0n) is 25.2. The third-order valence-electron chi connectivity index (χ3n) is 8.27. The Kier molecular flexibility index (Phi) is 8.87. The highest BCUT2D eigenvalue weighted by atomic mass is 32.2. The standard InChI is InChI=1S/C34H34N6O4S2/c41-33-31(45-34(35-33)38-16-14-37(15-17-38)24-26-8-3-1-4-9-26)23-28-25-40(29-11-5-2-6-12-29)36-32(28)27-10-7-13-30(22-27)46(42,43)39-18-20-44-21-19-39/h1-13,22-23,25H,14-21,24H2/b31-23-. The lowest BCUT2D eigenvalue weighted by atomic mass is 10.1. The van der Waals surface area contributed by atoms with Crippen molar-refractivity contribution in [3.8, 4) is 16.9 Å². The first kappa shape index (κ1) is 30.6. The number of thioether (sulfide) groups is 1. The fraction of sp³-hybridized carbons (Fsp3) is 0.265. The maximum absolute atomic E-state index is 13.5. The van der Waals surface area contributed by atoms with Crippen LogP contribution in [0.15, 0.2) is 106 Å². The number of amides is 1. The van der Waals surface area contributed by atoms with Gasteiger partial charge in [0, 0.05) is 63.1 Å². The third kappa shape index (κ3) is 6.58. The van der Waals surface area contributed by atoms with Gasteiger partial charge in [0.15, 0.2) is 5.17 Å². The van der Waals surface area contributed by atoms with Gasteiger partial charge in [0.25, 0.3) is 5.91 Å². The maximum atomic E-state index is 13.5. The third-order valence-corrected chi connectivity index (χ3v) is 11.2. The lowest BCUT2D eigenvalue weighted by molar-refractivity contribution is -0.113. The van der Waals surface area contributed by atoms with Crippen molar-refractivity contribution in [3.63, 3.8) is 0 Å². The molecule has 12 heteroatoms. The molecule has 7 rings (SSSR count). The number of hydrogen-bond donors (Lipinski definition) is 0. The van der Waals surface area contributed by atoms with Crippen molar-refractivity contribution in [2.75, 3.05) is 52.5 Å². The van der Waals surface area contributed by atoms with Gasteiger partial charge in [-0.15, -0.1) is 0 Å². The minimum Gasteiger partial charge on any atom is -0.379 e. The molecule has 0 unspecified atom stereocenters. The number of ether oxygens (including phenoxy) is 1.